The number of aryl methyl sites for hydroxylation is 1. The van der Waals surface area contributed by atoms with Crippen molar-refractivity contribution in [2.24, 2.45) is 5.73 Å². The van der Waals surface area contributed by atoms with Gasteiger partial charge in [-0.3, -0.25) is 0 Å². The van der Waals surface area contributed by atoms with Crippen LogP contribution in [0, 0.1) is 0 Å². The van der Waals surface area contributed by atoms with Gasteiger partial charge >= 0.3 is 0 Å². The molecule has 1 aromatic heterocycles. The van der Waals surface area contributed by atoms with Crippen LogP contribution >= 0.6 is 0 Å². The van der Waals surface area contributed by atoms with E-state index in [0.717, 1.165) is 30.2 Å². The molecule has 1 aliphatic heterocycles. The molecule has 0 spiro atoms. The maximum absolute atomic E-state index is 6.31. The zero-order chi connectivity index (χ0) is 12.4. The summed E-state index contributed by atoms with van der Waals surface area (Å²) in [7, 11) is 0. The van der Waals surface area contributed by atoms with Crippen LogP contribution in [-0.4, -0.2) is 14.8 Å². The smallest absolute Gasteiger partial charge is 0.154 e. The summed E-state index contributed by atoms with van der Waals surface area (Å²) in [5, 5.41) is 8.60. The fraction of sp³-hybridized carbons (Fsp3) is 0.429. The van der Waals surface area contributed by atoms with Gasteiger partial charge in [0.2, 0.25) is 0 Å². The first-order chi connectivity index (χ1) is 8.86. The number of nitrogens with two attached hydrogens (primary N) is 1. The molecule has 0 aliphatic carbocycles. The molecule has 0 fully saturated rings. The van der Waals surface area contributed by atoms with E-state index in [4.69, 9.17) is 5.73 Å². The molecule has 0 saturated carbocycles. The van der Waals surface area contributed by atoms with Crippen molar-refractivity contribution in [3.8, 4) is 0 Å². The van der Waals surface area contributed by atoms with Crippen molar-refractivity contribution < 1.29 is 0 Å². The highest BCUT2D eigenvalue weighted by Crippen LogP contribution is 2.21. The van der Waals surface area contributed by atoms with Crippen molar-refractivity contribution in [1.29, 1.82) is 0 Å². The molecule has 0 bridgehead atoms. The summed E-state index contributed by atoms with van der Waals surface area (Å²) in [5.74, 6) is 1.99. The van der Waals surface area contributed by atoms with Crippen LogP contribution in [0.4, 0.5) is 0 Å². The van der Waals surface area contributed by atoms with Crippen LogP contribution in [0.2, 0.25) is 0 Å². The monoisotopic (exact) mass is 242 g/mol. The molecule has 2 heterocycles. The van der Waals surface area contributed by atoms with Gasteiger partial charge in [0.25, 0.3) is 0 Å². The largest absolute Gasteiger partial charge is 0.318 e. The minimum Gasteiger partial charge on any atom is -0.318 e. The van der Waals surface area contributed by atoms with E-state index in [1.807, 2.05) is 30.3 Å². The van der Waals surface area contributed by atoms with Crippen LogP contribution in [0.3, 0.4) is 0 Å². The van der Waals surface area contributed by atoms with Gasteiger partial charge in [-0.05, 0) is 18.4 Å². The van der Waals surface area contributed by atoms with Crippen LogP contribution in [0.1, 0.15) is 42.5 Å². The molecule has 2 aromatic rings. The standard InChI is InChI=1S/C14H18N4/c15-13(11-7-3-1-4-8-11)14-17-16-12-9-5-2-6-10-18(12)14/h1,3-4,7-8,13H,2,5-6,9-10,15H2. The second-order valence-corrected chi connectivity index (χ2v) is 4.83. The predicted molar refractivity (Wildman–Crippen MR) is 70.0 cm³/mol. The van der Waals surface area contributed by atoms with Crippen molar-refractivity contribution in [2.45, 2.75) is 38.3 Å². The number of hydrogen-bond acceptors (Lipinski definition) is 3. The summed E-state index contributed by atoms with van der Waals surface area (Å²) in [6, 6.07) is 9.93. The lowest BCUT2D eigenvalue weighted by molar-refractivity contribution is 0.588. The van der Waals surface area contributed by atoms with E-state index in [9.17, 15) is 0 Å². The molecule has 1 unspecified atom stereocenters. The van der Waals surface area contributed by atoms with Gasteiger partial charge in [0, 0.05) is 13.0 Å². The molecule has 1 aromatic carbocycles. The lowest BCUT2D eigenvalue weighted by Gasteiger charge is -2.13. The fourth-order valence-corrected chi connectivity index (χ4v) is 2.55. The Hall–Kier alpha value is -1.68. The highest BCUT2D eigenvalue weighted by atomic mass is 15.3. The van der Waals surface area contributed by atoms with Crippen molar-refractivity contribution in [3.05, 3.63) is 47.5 Å². The molecular weight excluding hydrogens is 224 g/mol. The van der Waals surface area contributed by atoms with Gasteiger partial charge in [-0.2, -0.15) is 0 Å². The van der Waals surface area contributed by atoms with Gasteiger partial charge in [0.05, 0.1) is 6.04 Å². The normalized spacial score (nSPS) is 16.9. The zero-order valence-corrected chi connectivity index (χ0v) is 10.4. The van der Waals surface area contributed by atoms with Crippen LogP contribution in [0.25, 0.3) is 0 Å². The third-order valence-electron chi connectivity index (χ3n) is 3.57. The Morgan fingerprint density at radius 1 is 1.06 bits per heavy atom. The summed E-state index contributed by atoms with van der Waals surface area (Å²) in [4.78, 5) is 0. The Morgan fingerprint density at radius 2 is 1.89 bits per heavy atom. The highest BCUT2D eigenvalue weighted by molar-refractivity contribution is 5.24. The van der Waals surface area contributed by atoms with E-state index in [2.05, 4.69) is 14.8 Å². The molecule has 1 aliphatic rings. The predicted octanol–water partition coefficient (Wildman–Crippen LogP) is 2.05. The molecule has 2 N–H and O–H groups in total. The van der Waals surface area contributed by atoms with Gasteiger partial charge in [-0.25, -0.2) is 0 Å². The Morgan fingerprint density at radius 3 is 2.72 bits per heavy atom. The average molecular weight is 242 g/mol. The number of hydrogen-bond donors (Lipinski definition) is 1. The lowest BCUT2D eigenvalue weighted by atomic mass is 10.1. The van der Waals surface area contributed by atoms with Gasteiger partial charge in [-0.15, -0.1) is 10.2 Å². The molecule has 0 amide bonds. The SMILES string of the molecule is NC(c1ccccc1)c1nnc2n1CCCCC2. The van der Waals surface area contributed by atoms with Gasteiger partial charge in [0.1, 0.15) is 5.82 Å². The molecule has 0 radical (unpaired) electrons. The third-order valence-corrected chi connectivity index (χ3v) is 3.57. The van der Waals surface area contributed by atoms with E-state index in [-0.39, 0.29) is 6.04 Å². The molecular formula is C14H18N4. The first kappa shape index (κ1) is 11.4. The number of rotatable bonds is 2. The Kier molecular flexibility index (Phi) is 3.11. The number of benzene rings is 1. The van der Waals surface area contributed by atoms with E-state index in [1.165, 1.54) is 19.3 Å². The summed E-state index contributed by atoms with van der Waals surface area (Å²) < 4.78 is 2.21. The van der Waals surface area contributed by atoms with Gasteiger partial charge < -0.3 is 10.3 Å². The van der Waals surface area contributed by atoms with Crippen molar-refractivity contribution in [3.63, 3.8) is 0 Å². The van der Waals surface area contributed by atoms with Gasteiger partial charge in [-0.1, -0.05) is 36.8 Å². The molecule has 4 nitrogen and oxygen atoms in total. The Balaban J connectivity index is 1.95. The molecule has 18 heavy (non-hydrogen) atoms. The summed E-state index contributed by atoms with van der Waals surface area (Å²) in [6.07, 6.45) is 4.69. The van der Waals surface area contributed by atoms with Crippen molar-refractivity contribution in [2.75, 3.05) is 0 Å². The van der Waals surface area contributed by atoms with E-state index < -0.39 is 0 Å². The average Bonchev–Trinajstić information content (AvgIpc) is 2.68. The lowest BCUT2D eigenvalue weighted by Crippen LogP contribution is -2.18. The van der Waals surface area contributed by atoms with Crippen molar-refractivity contribution >= 4 is 0 Å². The van der Waals surface area contributed by atoms with Crippen LogP contribution in [0.5, 0.6) is 0 Å². The number of aromatic nitrogens is 3. The fourth-order valence-electron chi connectivity index (χ4n) is 2.55. The summed E-state index contributed by atoms with van der Waals surface area (Å²) in [6.45, 7) is 0.998. The number of nitrogens with zero attached hydrogens (tertiary/aromatic N) is 3. The van der Waals surface area contributed by atoms with Crippen molar-refractivity contribution in [1.82, 2.24) is 14.8 Å². The van der Waals surface area contributed by atoms with E-state index in [0.29, 0.717) is 0 Å². The molecule has 94 valence electrons. The highest BCUT2D eigenvalue weighted by Gasteiger charge is 2.20. The first-order valence-electron chi connectivity index (χ1n) is 6.59. The molecule has 4 heteroatoms. The van der Waals surface area contributed by atoms with E-state index >= 15 is 0 Å². The Labute approximate surface area is 107 Å². The number of fused-ring (bicyclic) bond motifs is 1. The second-order valence-electron chi connectivity index (χ2n) is 4.83. The topological polar surface area (TPSA) is 56.7 Å². The zero-order valence-electron chi connectivity index (χ0n) is 10.4. The molecule has 3 rings (SSSR count). The van der Waals surface area contributed by atoms with Gasteiger partial charge in [0.15, 0.2) is 5.82 Å². The van der Waals surface area contributed by atoms with Crippen LogP contribution in [-0.2, 0) is 13.0 Å². The van der Waals surface area contributed by atoms with Crippen LogP contribution < -0.4 is 5.73 Å². The maximum atomic E-state index is 6.31. The second kappa shape index (κ2) is 4.90. The summed E-state index contributed by atoms with van der Waals surface area (Å²) >= 11 is 0. The van der Waals surface area contributed by atoms with Crippen LogP contribution in [0.15, 0.2) is 30.3 Å². The maximum Gasteiger partial charge on any atom is 0.154 e. The quantitative estimate of drug-likeness (QED) is 0.877. The third kappa shape index (κ3) is 2.04. The first-order valence-corrected chi connectivity index (χ1v) is 6.59. The van der Waals surface area contributed by atoms with E-state index in [1.54, 1.807) is 0 Å². The Bertz CT molecular complexity index is 518. The summed E-state index contributed by atoms with van der Waals surface area (Å²) in [5.41, 5.74) is 7.41. The minimum absolute atomic E-state index is 0.175. The molecule has 0 saturated heterocycles. The minimum atomic E-state index is -0.175. The molecule has 1 atom stereocenters.